The zero-order valence-electron chi connectivity index (χ0n) is 16.3. The Labute approximate surface area is 161 Å². The Kier molecular flexibility index (Phi) is 5.55. The first-order valence-electron chi connectivity index (χ1n) is 10.4. The summed E-state index contributed by atoms with van der Waals surface area (Å²) in [6.45, 7) is 4.91. The second-order valence-electron chi connectivity index (χ2n) is 8.25. The van der Waals surface area contributed by atoms with E-state index in [2.05, 4.69) is 32.4 Å². The summed E-state index contributed by atoms with van der Waals surface area (Å²) in [6, 6.07) is 4.02. The zero-order valence-corrected chi connectivity index (χ0v) is 16.3. The molecule has 0 unspecified atom stereocenters. The monoisotopic (exact) mass is 366 g/mol. The molecule has 144 valence electrons. The van der Waals surface area contributed by atoms with Crippen LogP contribution in [0.2, 0.25) is 0 Å². The highest BCUT2D eigenvalue weighted by Gasteiger charge is 2.26. The van der Waals surface area contributed by atoms with E-state index >= 15 is 0 Å². The molecule has 1 aliphatic heterocycles. The molecule has 2 fully saturated rings. The fraction of sp³-hybridized carbons (Fsp3) is 0.591. The Morgan fingerprint density at radius 3 is 2.59 bits per heavy atom. The van der Waals surface area contributed by atoms with Crippen LogP contribution in [-0.2, 0) is 11.3 Å². The molecule has 1 aliphatic carbocycles. The van der Waals surface area contributed by atoms with Crippen LogP contribution in [0.4, 0.5) is 0 Å². The van der Waals surface area contributed by atoms with Gasteiger partial charge in [-0.3, -0.25) is 9.78 Å². The van der Waals surface area contributed by atoms with Crippen LogP contribution in [0.3, 0.4) is 0 Å². The van der Waals surface area contributed by atoms with Gasteiger partial charge < -0.3 is 9.47 Å². The van der Waals surface area contributed by atoms with Gasteiger partial charge in [-0.05, 0) is 56.6 Å². The molecule has 0 aromatic carbocycles. The summed E-state index contributed by atoms with van der Waals surface area (Å²) in [5.74, 6) is 2.63. The predicted molar refractivity (Wildman–Crippen MR) is 106 cm³/mol. The Bertz CT molecular complexity index is 756. The van der Waals surface area contributed by atoms with Crippen molar-refractivity contribution in [2.45, 2.75) is 58.4 Å². The third-order valence-corrected chi connectivity index (χ3v) is 6.32. The molecule has 4 rings (SSSR count). The number of aryl methyl sites for hydroxylation is 1. The summed E-state index contributed by atoms with van der Waals surface area (Å²) in [4.78, 5) is 23.5. The first-order chi connectivity index (χ1) is 13.2. The van der Waals surface area contributed by atoms with Gasteiger partial charge in [-0.25, -0.2) is 4.98 Å². The fourth-order valence-corrected chi connectivity index (χ4v) is 4.63. The lowest BCUT2D eigenvalue weighted by molar-refractivity contribution is -0.133. The average Bonchev–Trinajstić information content (AvgIpc) is 3.33. The molecule has 27 heavy (non-hydrogen) atoms. The minimum atomic E-state index is 0.384. The summed E-state index contributed by atoms with van der Waals surface area (Å²) < 4.78 is 2.32. The van der Waals surface area contributed by atoms with Gasteiger partial charge in [0.05, 0.1) is 0 Å². The van der Waals surface area contributed by atoms with E-state index in [0.717, 1.165) is 50.3 Å². The molecular weight excluding hydrogens is 336 g/mol. The quantitative estimate of drug-likeness (QED) is 0.801. The number of nitrogens with zero attached hydrogens (tertiary/aromatic N) is 4. The summed E-state index contributed by atoms with van der Waals surface area (Å²) in [5, 5.41) is 0. The summed E-state index contributed by atoms with van der Waals surface area (Å²) in [6.07, 6.45) is 13.7. The number of amides is 1. The standard InChI is InChI=1S/C22H30N4O/c1-17-14-24-22(20-7-4-10-23-15-20)26(17)16-19-8-11-25(12-9-19)21(27)13-18-5-2-3-6-18/h4,7,10,14-15,18-19H,2-3,5-6,8-9,11-13,16H2,1H3. The van der Waals surface area contributed by atoms with E-state index in [1.54, 1.807) is 6.20 Å². The minimum absolute atomic E-state index is 0.384. The molecule has 0 spiro atoms. The van der Waals surface area contributed by atoms with E-state index in [0.29, 0.717) is 17.7 Å². The molecule has 0 N–H and O–H groups in total. The van der Waals surface area contributed by atoms with Crippen molar-refractivity contribution < 1.29 is 4.79 Å². The smallest absolute Gasteiger partial charge is 0.222 e. The number of hydrogen-bond acceptors (Lipinski definition) is 3. The van der Waals surface area contributed by atoms with Crippen molar-refractivity contribution in [2.24, 2.45) is 11.8 Å². The van der Waals surface area contributed by atoms with Gasteiger partial charge in [-0.1, -0.05) is 12.8 Å². The van der Waals surface area contributed by atoms with Crippen molar-refractivity contribution in [3.05, 3.63) is 36.4 Å². The highest BCUT2D eigenvalue weighted by molar-refractivity contribution is 5.76. The van der Waals surface area contributed by atoms with Gasteiger partial charge in [0, 0.05) is 55.9 Å². The van der Waals surface area contributed by atoms with Gasteiger partial charge in [-0.15, -0.1) is 0 Å². The van der Waals surface area contributed by atoms with Gasteiger partial charge >= 0.3 is 0 Å². The van der Waals surface area contributed by atoms with Crippen LogP contribution in [0.5, 0.6) is 0 Å². The van der Waals surface area contributed by atoms with Crippen LogP contribution in [0, 0.1) is 18.8 Å². The average molecular weight is 367 g/mol. The lowest BCUT2D eigenvalue weighted by Gasteiger charge is -2.33. The van der Waals surface area contributed by atoms with Crippen LogP contribution in [0.15, 0.2) is 30.7 Å². The number of likely N-dealkylation sites (tertiary alicyclic amines) is 1. The highest BCUT2D eigenvalue weighted by Crippen LogP contribution is 2.29. The normalized spacial score (nSPS) is 18.9. The molecule has 2 aromatic rings. The number of carbonyl (C=O) groups is 1. The van der Waals surface area contributed by atoms with Crippen molar-refractivity contribution in [3.63, 3.8) is 0 Å². The lowest BCUT2D eigenvalue weighted by atomic mass is 9.95. The first kappa shape index (κ1) is 18.2. The maximum absolute atomic E-state index is 12.6. The highest BCUT2D eigenvalue weighted by atomic mass is 16.2. The number of rotatable bonds is 5. The van der Waals surface area contributed by atoms with Gasteiger partial charge in [0.25, 0.3) is 0 Å². The molecule has 3 heterocycles. The van der Waals surface area contributed by atoms with Crippen LogP contribution in [0.1, 0.15) is 50.6 Å². The second kappa shape index (κ2) is 8.24. The molecule has 1 saturated carbocycles. The Morgan fingerprint density at radius 1 is 1.11 bits per heavy atom. The van der Waals surface area contributed by atoms with Gasteiger partial charge in [0.15, 0.2) is 0 Å². The van der Waals surface area contributed by atoms with E-state index in [1.807, 2.05) is 18.5 Å². The number of hydrogen-bond donors (Lipinski definition) is 0. The third-order valence-electron chi connectivity index (χ3n) is 6.32. The van der Waals surface area contributed by atoms with Gasteiger partial charge in [0.1, 0.15) is 5.82 Å². The molecule has 2 aromatic heterocycles. The van der Waals surface area contributed by atoms with Gasteiger partial charge in [0.2, 0.25) is 5.91 Å². The van der Waals surface area contributed by atoms with Crippen molar-refractivity contribution >= 4 is 5.91 Å². The molecule has 2 aliphatic rings. The minimum Gasteiger partial charge on any atom is -0.343 e. The van der Waals surface area contributed by atoms with E-state index in [-0.39, 0.29) is 0 Å². The maximum Gasteiger partial charge on any atom is 0.222 e. The van der Waals surface area contributed by atoms with E-state index in [9.17, 15) is 4.79 Å². The molecule has 0 radical (unpaired) electrons. The number of pyridine rings is 1. The number of imidazole rings is 1. The third kappa shape index (κ3) is 4.23. The van der Waals surface area contributed by atoms with Crippen LogP contribution in [-0.4, -0.2) is 38.4 Å². The Hall–Kier alpha value is -2.17. The van der Waals surface area contributed by atoms with Crippen LogP contribution >= 0.6 is 0 Å². The first-order valence-corrected chi connectivity index (χ1v) is 10.4. The van der Waals surface area contributed by atoms with Crippen molar-refractivity contribution in [1.82, 2.24) is 19.4 Å². The molecule has 5 nitrogen and oxygen atoms in total. The number of piperidine rings is 1. The molecule has 0 atom stereocenters. The summed E-state index contributed by atoms with van der Waals surface area (Å²) >= 11 is 0. The van der Waals surface area contributed by atoms with E-state index < -0.39 is 0 Å². The molecule has 1 saturated heterocycles. The molecule has 0 bridgehead atoms. The number of carbonyl (C=O) groups excluding carboxylic acids is 1. The Morgan fingerprint density at radius 2 is 1.89 bits per heavy atom. The zero-order chi connectivity index (χ0) is 18.6. The van der Waals surface area contributed by atoms with Crippen molar-refractivity contribution in [1.29, 1.82) is 0 Å². The van der Waals surface area contributed by atoms with Crippen molar-refractivity contribution in [3.8, 4) is 11.4 Å². The second-order valence-corrected chi connectivity index (χ2v) is 8.25. The Balaban J connectivity index is 1.34. The topological polar surface area (TPSA) is 51.0 Å². The van der Waals surface area contributed by atoms with Crippen molar-refractivity contribution in [2.75, 3.05) is 13.1 Å². The summed E-state index contributed by atoms with van der Waals surface area (Å²) in [7, 11) is 0. The van der Waals surface area contributed by atoms with E-state index in [4.69, 9.17) is 0 Å². The largest absolute Gasteiger partial charge is 0.343 e. The van der Waals surface area contributed by atoms with Crippen LogP contribution < -0.4 is 0 Å². The predicted octanol–water partition coefficient (Wildman–Crippen LogP) is 4.07. The SMILES string of the molecule is Cc1cnc(-c2cccnc2)n1CC1CCN(C(=O)CC2CCCC2)CC1. The van der Waals surface area contributed by atoms with Gasteiger partial charge in [-0.2, -0.15) is 0 Å². The number of aromatic nitrogens is 3. The van der Waals surface area contributed by atoms with Crippen LogP contribution in [0.25, 0.3) is 11.4 Å². The maximum atomic E-state index is 12.6. The molecular formula is C22H30N4O. The fourth-order valence-electron chi connectivity index (χ4n) is 4.63. The molecule has 1 amide bonds. The molecule has 5 heteroatoms. The summed E-state index contributed by atoms with van der Waals surface area (Å²) in [5.41, 5.74) is 2.25. The van der Waals surface area contributed by atoms with E-state index in [1.165, 1.54) is 31.4 Å². The lowest BCUT2D eigenvalue weighted by Crippen LogP contribution is -2.40.